The molecular weight excluding hydrogens is 346 g/mol. The summed E-state index contributed by atoms with van der Waals surface area (Å²) < 4.78 is 5.51. The molecule has 0 spiro atoms. The topological polar surface area (TPSA) is 55.4 Å². The number of esters is 1. The van der Waals surface area contributed by atoms with E-state index in [1.807, 2.05) is 24.3 Å². The van der Waals surface area contributed by atoms with Gasteiger partial charge in [-0.15, -0.1) is 11.8 Å². The minimum Gasteiger partial charge on any atom is -0.454 e. The van der Waals surface area contributed by atoms with Gasteiger partial charge >= 0.3 is 5.97 Å². The molecule has 1 heterocycles. The van der Waals surface area contributed by atoms with E-state index in [2.05, 4.69) is 5.32 Å². The van der Waals surface area contributed by atoms with Crippen LogP contribution in [-0.4, -0.2) is 17.6 Å². The third-order valence-corrected chi connectivity index (χ3v) is 5.12. The Labute approximate surface area is 149 Å². The van der Waals surface area contributed by atoms with Crippen LogP contribution in [0.15, 0.2) is 47.4 Å². The first-order chi connectivity index (χ1) is 11.5. The second-order valence-electron chi connectivity index (χ2n) is 5.43. The molecule has 0 aromatic heterocycles. The Bertz CT molecular complexity index is 794. The Morgan fingerprint density at radius 3 is 2.88 bits per heavy atom. The second kappa shape index (κ2) is 7.28. The van der Waals surface area contributed by atoms with E-state index in [0.717, 1.165) is 16.2 Å². The molecule has 2 aromatic rings. The lowest BCUT2D eigenvalue weighted by Gasteiger charge is -2.15. The zero-order chi connectivity index (χ0) is 17.1. The first kappa shape index (κ1) is 16.9. The van der Waals surface area contributed by atoms with E-state index in [-0.39, 0.29) is 5.91 Å². The normalized spacial score (nSPS) is 15.0. The van der Waals surface area contributed by atoms with Crippen LogP contribution < -0.4 is 5.32 Å². The fourth-order valence-electron chi connectivity index (χ4n) is 2.44. The molecule has 1 aliphatic rings. The van der Waals surface area contributed by atoms with Crippen LogP contribution in [0.2, 0.25) is 5.02 Å². The van der Waals surface area contributed by atoms with Gasteiger partial charge in [-0.2, -0.15) is 0 Å². The first-order valence-electron chi connectivity index (χ1n) is 7.56. The highest BCUT2D eigenvalue weighted by Gasteiger charge is 2.19. The van der Waals surface area contributed by atoms with Crippen molar-refractivity contribution < 1.29 is 14.3 Å². The van der Waals surface area contributed by atoms with Crippen molar-refractivity contribution in [3.63, 3.8) is 0 Å². The highest BCUT2D eigenvalue weighted by atomic mass is 35.5. The van der Waals surface area contributed by atoms with Crippen molar-refractivity contribution in [1.82, 2.24) is 0 Å². The number of hydrogen-bond donors (Lipinski definition) is 1. The van der Waals surface area contributed by atoms with Crippen molar-refractivity contribution in [2.75, 3.05) is 11.1 Å². The molecule has 0 unspecified atom stereocenters. The van der Waals surface area contributed by atoms with E-state index in [4.69, 9.17) is 16.3 Å². The molecule has 2 aromatic carbocycles. The van der Waals surface area contributed by atoms with Crippen molar-refractivity contribution in [2.45, 2.75) is 24.3 Å². The van der Waals surface area contributed by atoms with Gasteiger partial charge in [0, 0.05) is 27.7 Å². The van der Waals surface area contributed by atoms with Crippen molar-refractivity contribution >= 4 is 40.9 Å². The van der Waals surface area contributed by atoms with Crippen LogP contribution in [0.25, 0.3) is 0 Å². The van der Waals surface area contributed by atoms with Gasteiger partial charge in [0.1, 0.15) is 6.10 Å². The number of carbonyl (C=O) groups is 2. The minimum absolute atomic E-state index is 0.0452. The van der Waals surface area contributed by atoms with Gasteiger partial charge in [-0.05, 0) is 31.2 Å². The maximum Gasteiger partial charge on any atom is 0.338 e. The van der Waals surface area contributed by atoms with Gasteiger partial charge in [0.15, 0.2) is 0 Å². The molecule has 0 saturated heterocycles. The molecule has 1 N–H and O–H groups in total. The molecule has 124 valence electrons. The lowest BCUT2D eigenvalue weighted by atomic mass is 10.1. The highest BCUT2D eigenvalue weighted by molar-refractivity contribution is 7.99. The van der Waals surface area contributed by atoms with Crippen LogP contribution in [0.5, 0.6) is 0 Å². The van der Waals surface area contributed by atoms with Crippen molar-refractivity contribution in [3.8, 4) is 0 Å². The standard InChI is InChI=1S/C18H16ClNO3S/c1-11(13-4-2-3-5-14(13)19)23-18(22)12-6-7-16-15(10-12)20-17(21)8-9-24-16/h2-7,10-11H,8-9H2,1H3,(H,20,21)/t11-/m0/s1. The molecule has 0 fully saturated rings. The summed E-state index contributed by atoms with van der Waals surface area (Å²) in [6, 6.07) is 12.5. The van der Waals surface area contributed by atoms with Crippen LogP contribution in [0.3, 0.4) is 0 Å². The number of ether oxygens (including phenoxy) is 1. The van der Waals surface area contributed by atoms with Gasteiger partial charge in [-0.3, -0.25) is 4.79 Å². The van der Waals surface area contributed by atoms with Gasteiger partial charge in [0.2, 0.25) is 5.91 Å². The molecule has 1 aliphatic heterocycles. The summed E-state index contributed by atoms with van der Waals surface area (Å²) in [6.45, 7) is 1.78. The molecule has 6 heteroatoms. The van der Waals surface area contributed by atoms with Crippen LogP contribution in [-0.2, 0) is 9.53 Å². The smallest absolute Gasteiger partial charge is 0.338 e. The van der Waals surface area contributed by atoms with Crippen LogP contribution >= 0.6 is 23.4 Å². The van der Waals surface area contributed by atoms with Crippen molar-refractivity contribution in [2.24, 2.45) is 0 Å². The fraction of sp³-hybridized carbons (Fsp3) is 0.222. The summed E-state index contributed by atoms with van der Waals surface area (Å²) in [5.41, 5.74) is 1.81. The Kier molecular flexibility index (Phi) is 5.11. The Balaban J connectivity index is 1.78. The van der Waals surface area contributed by atoms with Gasteiger partial charge in [-0.1, -0.05) is 29.8 Å². The predicted molar refractivity (Wildman–Crippen MR) is 95.7 cm³/mol. The summed E-state index contributed by atoms with van der Waals surface area (Å²) in [6.07, 6.45) is -0.00293. The van der Waals surface area contributed by atoms with Crippen molar-refractivity contribution in [3.05, 3.63) is 58.6 Å². The molecule has 0 bridgehead atoms. The number of hydrogen-bond acceptors (Lipinski definition) is 4. The Morgan fingerprint density at radius 2 is 2.08 bits per heavy atom. The van der Waals surface area contributed by atoms with Gasteiger partial charge < -0.3 is 10.1 Å². The van der Waals surface area contributed by atoms with Gasteiger partial charge in [0.05, 0.1) is 11.3 Å². The fourth-order valence-corrected chi connectivity index (χ4v) is 3.67. The summed E-state index contributed by atoms with van der Waals surface area (Å²) in [5, 5.41) is 3.38. The maximum absolute atomic E-state index is 12.4. The summed E-state index contributed by atoms with van der Waals surface area (Å²) in [7, 11) is 0. The number of nitrogens with one attached hydrogen (secondary N) is 1. The minimum atomic E-state index is -0.464. The number of anilines is 1. The lowest BCUT2D eigenvalue weighted by molar-refractivity contribution is -0.115. The number of benzene rings is 2. The maximum atomic E-state index is 12.4. The number of carbonyl (C=O) groups excluding carboxylic acids is 2. The van der Waals surface area contributed by atoms with Gasteiger partial charge in [0.25, 0.3) is 0 Å². The van der Waals surface area contributed by atoms with Gasteiger partial charge in [-0.25, -0.2) is 4.79 Å². The quantitative estimate of drug-likeness (QED) is 0.805. The monoisotopic (exact) mass is 361 g/mol. The number of fused-ring (bicyclic) bond motifs is 1. The highest BCUT2D eigenvalue weighted by Crippen LogP contribution is 2.32. The third kappa shape index (κ3) is 3.74. The average Bonchev–Trinajstić information content (AvgIpc) is 2.74. The predicted octanol–water partition coefficient (Wildman–Crippen LogP) is 4.69. The molecule has 0 aliphatic carbocycles. The first-order valence-corrected chi connectivity index (χ1v) is 8.93. The second-order valence-corrected chi connectivity index (χ2v) is 6.97. The molecule has 1 atom stereocenters. The number of amides is 1. The largest absolute Gasteiger partial charge is 0.454 e. The molecule has 3 rings (SSSR count). The SMILES string of the molecule is C[C@H](OC(=O)c1ccc2c(c1)NC(=O)CCS2)c1ccccc1Cl. The Hall–Kier alpha value is -1.98. The molecule has 4 nitrogen and oxygen atoms in total. The average molecular weight is 362 g/mol. The zero-order valence-corrected chi connectivity index (χ0v) is 14.6. The number of halogens is 1. The third-order valence-electron chi connectivity index (χ3n) is 3.70. The van der Waals surface area contributed by atoms with E-state index in [0.29, 0.717) is 22.7 Å². The van der Waals surface area contributed by atoms with Crippen LogP contribution in [0.1, 0.15) is 35.4 Å². The summed E-state index contributed by atoms with van der Waals surface area (Å²) in [5.74, 6) is 0.233. The molecule has 0 radical (unpaired) electrons. The van der Waals surface area contributed by atoms with Crippen molar-refractivity contribution in [1.29, 1.82) is 0 Å². The molecule has 1 amide bonds. The number of thioether (sulfide) groups is 1. The van der Waals surface area contributed by atoms with E-state index in [1.54, 1.807) is 36.9 Å². The number of rotatable bonds is 3. The molecule has 24 heavy (non-hydrogen) atoms. The molecular formula is C18H16ClNO3S. The van der Waals surface area contributed by atoms with Crippen LogP contribution in [0.4, 0.5) is 5.69 Å². The Morgan fingerprint density at radius 1 is 1.29 bits per heavy atom. The van der Waals surface area contributed by atoms with E-state index >= 15 is 0 Å². The zero-order valence-electron chi connectivity index (χ0n) is 13.0. The van der Waals surface area contributed by atoms with Crippen LogP contribution in [0, 0.1) is 0 Å². The van der Waals surface area contributed by atoms with E-state index < -0.39 is 12.1 Å². The van der Waals surface area contributed by atoms with E-state index in [1.165, 1.54) is 0 Å². The summed E-state index contributed by atoms with van der Waals surface area (Å²) >= 11 is 7.73. The lowest BCUT2D eigenvalue weighted by Crippen LogP contribution is -2.12. The van der Waals surface area contributed by atoms with E-state index in [9.17, 15) is 9.59 Å². The molecule has 0 saturated carbocycles. The summed E-state index contributed by atoms with van der Waals surface area (Å²) in [4.78, 5) is 25.0.